The number of para-hydroxylation sites is 1. The molecule has 236 valence electrons. The molecule has 4 aromatic rings. The number of benzene rings is 3. The van der Waals surface area contributed by atoms with Gasteiger partial charge in [0.1, 0.15) is 11.5 Å². The number of amides is 4. The molecule has 10 nitrogen and oxygen atoms in total. The highest BCUT2D eigenvalue weighted by molar-refractivity contribution is 5.98. The summed E-state index contributed by atoms with van der Waals surface area (Å²) in [6.45, 7) is 6.13. The van der Waals surface area contributed by atoms with Crippen molar-refractivity contribution in [2.75, 3.05) is 33.4 Å². The second-order valence-electron chi connectivity index (χ2n) is 11.9. The molecule has 0 saturated carbocycles. The number of urea groups is 1. The maximum Gasteiger partial charge on any atom is 0.321 e. The monoisotopic (exact) mass is 620 g/mol. The number of nitrogens with zero attached hydrogens (tertiary/aromatic N) is 2. The van der Waals surface area contributed by atoms with E-state index < -0.39 is 23.3 Å². The van der Waals surface area contributed by atoms with E-state index in [9.17, 15) is 14.4 Å². The first-order valence-corrected chi connectivity index (χ1v) is 15.2. The van der Waals surface area contributed by atoms with Gasteiger partial charge in [0.05, 0.1) is 31.4 Å². The number of carbonyl (C=O) groups excluding carboxylic acids is 3. The quantitative estimate of drug-likeness (QED) is 0.279. The largest absolute Gasteiger partial charge is 0.497 e. The van der Waals surface area contributed by atoms with Crippen LogP contribution in [-0.4, -0.2) is 61.1 Å². The Morgan fingerprint density at radius 1 is 0.913 bits per heavy atom. The summed E-state index contributed by atoms with van der Waals surface area (Å²) in [4.78, 5) is 46.0. The van der Waals surface area contributed by atoms with Crippen LogP contribution in [0.5, 0.6) is 17.4 Å². The van der Waals surface area contributed by atoms with Crippen molar-refractivity contribution >= 4 is 17.8 Å². The molecule has 10 heteroatoms. The molecular weight excluding hydrogens is 584 g/mol. The van der Waals surface area contributed by atoms with Crippen LogP contribution in [0.2, 0.25) is 0 Å². The second-order valence-corrected chi connectivity index (χ2v) is 11.9. The van der Waals surface area contributed by atoms with Crippen molar-refractivity contribution in [2.24, 2.45) is 5.41 Å². The third kappa shape index (κ3) is 6.29. The Kier molecular flexibility index (Phi) is 8.72. The fourth-order valence-electron chi connectivity index (χ4n) is 5.87. The van der Waals surface area contributed by atoms with Gasteiger partial charge in [-0.2, -0.15) is 0 Å². The zero-order valence-electron chi connectivity index (χ0n) is 26.0. The van der Waals surface area contributed by atoms with Gasteiger partial charge in [-0.25, -0.2) is 9.78 Å². The number of nitrogens with one attached hydrogen (secondary N) is 2. The average Bonchev–Trinajstić information content (AvgIpc) is 3.09. The number of imide groups is 1. The molecule has 0 bridgehead atoms. The smallest absolute Gasteiger partial charge is 0.321 e. The van der Waals surface area contributed by atoms with E-state index >= 15 is 0 Å². The maximum absolute atomic E-state index is 13.7. The van der Waals surface area contributed by atoms with E-state index in [-0.39, 0.29) is 12.5 Å². The van der Waals surface area contributed by atoms with Crippen molar-refractivity contribution < 1.29 is 28.6 Å². The van der Waals surface area contributed by atoms with E-state index in [1.807, 2.05) is 86.6 Å². The Labute approximate surface area is 267 Å². The summed E-state index contributed by atoms with van der Waals surface area (Å²) in [6, 6.07) is 25.4. The number of hydrogen-bond donors (Lipinski definition) is 2. The predicted octanol–water partition coefficient (Wildman–Crippen LogP) is 5.52. The van der Waals surface area contributed by atoms with Crippen molar-refractivity contribution in [2.45, 2.75) is 26.3 Å². The molecule has 2 N–H and O–H groups in total. The zero-order chi connectivity index (χ0) is 32.3. The Hall–Kier alpha value is -5.22. The average molecular weight is 621 g/mol. The third-order valence-electron chi connectivity index (χ3n) is 8.51. The van der Waals surface area contributed by atoms with Crippen molar-refractivity contribution in [1.82, 2.24) is 20.5 Å². The fourth-order valence-corrected chi connectivity index (χ4v) is 5.87. The lowest BCUT2D eigenvalue weighted by atomic mass is 9.69. The van der Waals surface area contributed by atoms with Crippen molar-refractivity contribution in [3.05, 3.63) is 107 Å². The molecule has 46 heavy (non-hydrogen) atoms. The first-order valence-electron chi connectivity index (χ1n) is 15.2. The van der Waals surface area contributed by atoms with Crippen LogP contribution in [0.25, 0.3) is 11.3 Å². The number of morpholine rings is 1. The van der Waals surface area contributed by atoms with Crippen molar-refractivity contribution in [3.8, 4) is 28.6 Å². The van der Waals surface area contributed by atoms with Gasteiger partial charge in [-0.05, 0) is 42.0 Å². The first kappa shape index (κ1) is 30.8. The van der Waals surface area contributed by atoms with Gasteiger partial charge in [0.2, 0.25) is 11.8 Å². The standard InChI is InChI=1S/C36H36N4O6/c1-36(2,34(42)39-35(43)37-22-23-8-14-26(44-3)15-9-23)31-27-6-4-5-7-30(27)46-32-28(31)16-17-29(38-32)24-10-12-25(13-11-24)33(41)40-18-20-45-21-19-40/h4-17,31H,18-22H2,1-3H3,(H2,37,39,42,43)/t31-/m0/s1. The summed E-state index contributed by atoms with van der Waals surface area (Å²) in [7, 11) is 1.59. The highest BCUT2D eigenvalue weighted by Crippen LogP contribution is 2.51. The molecule has 1 fully saturated rings. The molecule has 0 unspecified atom stereocenters. The van der Waals surface area contributed by atoms with Crippen LogP contribution in [0.1, 0.15) is 46.8 Å². The maximum atomic E-state index is 13.7. The minimum atomic E-state index is -1.06. The van der Waals surface area contributed by atoms with Gasteiger partial charge in [0.15, 0.2) is 0 Å². The highest BCUT2D eigenvalue weighted by atomic mass is 16.5. The van der Waals surface area contributed by atoms with Crippen LogP contribution in [0.3, 0.4) is 0 Å². The molecule has 1 aromatic heterocycles. The molecule has 4 amide bonds. The molecule has 3 heterocycles. The Bertz CT molecular complexity index is 1750. The lowest BCUT2D eigenvalue weighted by Gasteiger charge is -2.37. The SMILES string of the molecule is COc1ccc(CNC(=O)NC(=O)C(C)(C)[C@H]2c3ccccc3Oc3nc(-c4ccc(C(=O)N5CCOCC5)cc4)ccc32)cc1. The third-order valence-corrected chi connectivity index (χ3v) is 8.51. The fraction of sp³-hybridized carbons (Fsp3) is 0.278. The van der Waals surface area contributed by atoms with E-state index in [0.717, 1.165) is 28.0 Å². The molecule has 0 spiro atoms. The minimum Gasteiger partial charge on any atom is -0.497 e. The Morgan fingerprint density at radius 2 is 1.63 bits per heavy atom. The number of fused-ring (bicyclic) bond motifs is 2. The number of ether oxygens (including phenoxy) is 3. The number of aromatic nitrogens is 1. The molecule has 0 aliphatic carbocycles. The van der Waals surface area contributed by atoms with Crippen molar-refractivity contribution in [1.29, 1.82) is 0 Å². The number of methoxy groups -OCH3 is 1. The predicted molar refractivity (Wildman–Crippen MR) is 172 cm³/mol. The van der Waals surface area contributed by atoms with Crippen LogP contribution in [0.4, 0.5) is 4.79 Å². The van der Waals surface area contributed by atoms with Gasteiger partial charge in [0, 0.05) is 47.8 Å². The van der Waals surface area contributed by atoms with Gasteiger partial charge < -0.3 is 24.4 Å². The molecule has 2 aliphatic rings. The van der Waals surface area contributed by atoms with E-state index in [2.05, 4.69) is 10.6 Å². The number of rotatable bonds is 7. The van der Waals surface area contributed by atoms with Gasteiger partial charge in [0.25, 0.3) is 5.91 Å². The van der Waals surface area contributed by atoms with E-state index in [1.54, 1.807) is 24.1 Å². The number of hydrogen-bond acceptors (Lipinski definition) is 7. The lowest BCUT2D eigenvalue weighted by Crippen LogP contribution is -2.48. The summed E-state index contributed by atoms with van der Waals surface area (Å²) in [5.41, 5.74) is 3.48. The topological polar surface area (TPSA) is 119 Å². The number of carbonyl (C=O) groups is 3. The molecule has 0 radical (unpaired) electrons. The summed E-state index contributed by atoms with van der Waals surface area (Å²) in [6.07, 6.45) is 0. The lowest BCUT2D eigenvalue weighted by molar-refractivity contribution is -0.128. The summed E-state index contributed by atoms with van der Waals surface area (Å²) >= 11 is 0. The first-order chi connectivity index (χ1) is 22.2. The van der Waals surface area contributed by atoms with Gasteiger partial charge in [-0.15, -0.1) is 0 Å². The zero-order valence-corrected chi connectivity index (χ0v) is 26.0. The molecule has 1 saturated heterocycles. The second kappa shape index (κ2) is 13.0. The molecule has 3 aromatic carbocycles. The molecule has 1 atom stereocenters. The number of pyridine rings is 1. The molecule has 2 aliphatic heterocycles. The summed E-state index contributed by atoms with van der Waals surface area (Å²) in [5, 5.41) is 5.29. The van der Waals surface area contributed by atoms with Crippen LogP contribution in [0.15, 0.2) is 84.9 Å². The van der Waals surface area contributed by atoms with Gasteiger partial charge in [-0.3, -0.25) is 14.9 Å². The Balaban J connectivity index is 1.21. The van der Waals surface area contributed by atoms with Crippen LogP contribution in [-0.2, 0) is 16.1 Å². The molecular formula is C36H36N4O6. The van der Waals surface area contributed by atoms with E-state index in [4.69, 9.17) is 19.2 Å². The normalized spacial score (nSPS) is 15.5. The van der Waals surface area contributed by atoms with E-state index in [0.29, 0.717) is 49.2 Å². The van der Waals surface area contributed by atoms with E-state index in [1.165, 1.54) is 0 Å². The summed E-state index contributed by atoms with van der Waals surface area (Å²) in [5.74, 6) is 0.804. The highest BCUT2D eigenvalue weighted by Gasteiger charge is 2.44. The van der Waals surface area contributed by atoms with Crippen LogP contribution in [0, 0.1) is 5.41 Å². The molecule has 6 rings (SSSR count). The van der Waals surface area contributed by atoms with Crippen LogP contribution >= 0.6 is 0 Å². The minimum absolute atomic E-state index is 0.0223. The summed E-state index contributed by atoms with van der Waals surface area (Å²) < 4.78 is 16.8. The Morgan fingerprint density at radius 3 is 2.35 bits per heavy atom. The van der Waals surface area contributed by atoms with Crippen molar-refractivity contribution in [3.63, 3.8) is 0 Å². The van der Waals surface area contributed by atoms with Gasteiger partial charge >= 0.3 is 6.03 Å². The van der Waals surface area contributed by atoms with Gasteiger partial charge in [-0.1, -0.05) is 62.4 Å². The van der Waals surface area contributed by atoms with Crippen LogP contribution < -0.4 is 20.1 Å².